The van der Waals surface area contributed by atoms with Gasteiger partial charge in [-0.3, -0.25) is 4.79 Å². The summed E-state index contributed by atoms with van der Waals surface area (Å²) in [7, 11) is 0. The van der Waals surface area contributed by atoms with Crippen LogP contribution in [-0.2, 0) is 4.79 Å². The molecule has 2 rings (SSSR count). The third-order valence-electron chi connectivity index (χ3n) is 2.61. The van der Waals surface area contributed by atoms with Crippen LogP contribution in [0.15, 0.2) is 58.0 Å². The first-order chi connectivity index (χ1) is 9.58. The van der Waals surface area contributed by atoms with E-state index in [2.05, 4.69) is 20.9 Å². The first kappa shape index (κ1) is 14.4. The van der Waals surface area contributed by atoms with Gasteiger partial charge in [0.1, 0.15) is 5.69 Å². The number of carboxylic acid groups (broad SMARTS) is 1. The monoisotopic (exact) mass is 335 g/mol. The Balaban J connectivity index is 2.48. The first-order valence-electron chi connectivity index (χ1n) is 5.86. The molecule has 0 aliphatic rings. The van der Waals surface area contributed by atoms with Gasteiger partial charge < -0.3 is 5.11 Å². The molecule has 20 heavy (non-hydrogen) atoms. The van der Waals surface area contributed by atoms with Crippen molar-refractivity contribution in [1.29, 1.82) is 0 Å². The molecule has 102 valence electrons. The Labute approximate surface area is 123 Å². The summed E-state index contributed by atoms with van der Waals surface area (Å²) in [5.41, 5.74) is 1.09. The lowest BCUT2D eigenvalue weighted by Crippen LogP contribution is -2.08. The van der Waals surface area contributed by atoms with Gasteiger partial charge in [0, 0.05) is 0 Å². The molecule has 1 N–H and O–H groups in total. The molecule has 0 aromatic heterocycles. The molecular formula is C15H11BrFNO2. The standard InChI is InChI=1S/C15H11BrFNO2/c16-11-7-4-8-12(15(11)17)18-13(9-14(19)20)10-5-2-1-3-6-10/h1-8H,9H2,(H,19,20)/b18-13-. The molecule has 0 saturated carbocycles. The summed E-state index contributed by atoms with van der Waals surface area (Å²) in [6, 6.07) is 13.6. The first-order valence-corrected chi connectivity index (χ1v) is 6.66. The van der Waals surface area contributed by atoms with Crippen LogP contribution in [0.25, 0.3) is 0 Å². The fraction of sp³-hybridized carbons (Fsp3) is 0.0667. The number of halogens is 2. The Kier molecular flexibility index (Phi) is 4.63. The van der Waals surface area contributed by atoms with E-state index < -0.39 is 11.8 Å². The minimum Gasteiger partial charge on any atom is -0.481 e. The summed E-state index contributed by atoms with van der Waals surface area (Å²) in [6.45, 7) is 0. The molecule has 2 aromatic rings. The Morgan fingerprint density at radius 3 is 2.50 bits per heavy atom. The molecule has 0 radical (unpaired) electrons. The van der Waals surface area contributed by atoms with Crippen LogP contribution in [0.3, 0.4) is 0 Å². The SMILES string of the molecule is O=C(O)C/C(=N/c1cccc(Br)c1F)c1ccccc1. The van der Waals surface area contributed by atoms with E-state index in [0.29, 0.717) is 15.7 Å². The Morgan fingerprint density at radius 1 is 1.15 bits per heavy atom. The second-order valence-corrected chi connectivity index (χ2v) is 4.92. The van der Waals surface area contributed by atoms with Crippen LogP contribution in [-0.4, -0.2) is 16.8 Å². The maximum absolute atomic E-state index is 13.9. The van der Waals surface area contributed by atoms with Gasteiger partial charge in [0.25, 0.3) is 0 Å². The lowest BCUT2D eigenvalue weighted by Gasteiger charge is -2.06. The van der Waals surface area contributed by atoms with Crippen molar-refractivity contribution in [3.63, 3.8) is 0 Å². The molecule has 0 heterocycles. The van der Waals surface area contributed by atoms with Gasteiger partial charge in [0.2, 0.25) is 0 Å². The van der Waals surface area contributed by atoms with E-state index in [1.54, 1.807) is 36.4 Å². The molecule has 2 aromatic carbocycles. The van der Waals surface area contributed by atoms with Crippen molar-refractivity contribution >= 4 is 33.3 Å². The molecule has 0 atom stereocenters. The lowest BCUT2D eigenvalue weighted by atomic mass is 10.1. The zero-order valence-corrected chi connectivity index (χ0v) is 12.0. The van der Waals surface area contributed by atoms with Gasteiger partial charge in [-0.25, -0.2) is 9.38 Å². The molecule has 0 amide bonds. The number of carboxylic acids is 1. The minimum absolute atomic E-state index is 0.111. The minimum atomic E-state index is -1.01. The van der Waals surface area contributed by atoms with Gasteiger partial charge in [-0.2, -0.15) is 0 Å². The van der Waals surface area contributed by atoms with E-state index in [4.69, 9.17) is 5.11 Å². The second-order valence-electron chi connectivity index (χ2n) is 4.07. The highest BCUT2D eigenvalue weighted by Crippen LogP contribution is 2.26. The van der Waals surface area contributed by atoms with Crippen molar-refractivity contribution in [3.05, 3.63) is 64.4 Å². The number of aliphatic imine (C=N–C) groups is 1. The fourth-order valence-electron chi connectivity index (χ4n) is 1.70. The number of aliphatic carboxylic acids is 1. The number of benzene rings is 2. The van der Waals surface area contributed by atoms with Gasteiger partial charge in [-0.05, 0) is 33.6 Å². The molecule has 3 nitrogen and oxygen atoms in total. The Bertz CT molecular complexity index is 656. The summed E-state index contributed by atoms with van der Waals surface area (Å²) in [6.07, 6.45) is -0.268. The van der Waals surface area contributed by atoms with Crippen LogP contribution in [0.1, 0.15) is 12.0 Å². The number of carbonyl (C=O) groups is 1. The topological polar surface area (TPSA) is 49.7 Å². The molecule has 0 aliphatic heterocycles. The van der Waals surface area contributed by atoms with E-state index >= 15 is 0 Å². The summed E-state index contributed by atoms with van der Waals surface area (Å²) in [4.78, 5) is 15.1. The van der Waals surface area contributed by atoms with Crippen LogP contribution in [0, 0.1) is 5.82 Å². The van der Waals surface area contributed by atoms with Gasteiger partial charge in [0.05, 0.1) is 16.6 Å². The molecule has 5 heteroatoms. The summed E-state index contributed by atoms with van der Waals surface area (Å²) >= 11 is 3.08. The average molecular weight is 336 g/mol. The zero-order chi connectivity index (χ0) is 14.5. The number of hydrogen-bond donors (Lipinski definition) is 1. The third-order valence-corrected chi connectivity index (χ3v) is 3.22. The van der Waals surface area contributed by atoms with Gasteiger partial charge >= 0.3 is 5.97 Å². The predicted molar refractivity (Wildman–Crippen MR) is 79.0 cm³/mol. The van der Waals surface area contributed by atoms with Crippen molar-refractivity contribution in [1.82, 2.24) is 0 Å². The van der Waals surface area contributed by atoms with Crippen molar-refractivity contribution < 1.29 is 14.3 Å². The quantitative estimate of drug-likeness (QED) is 0.852. The third kappa shape index (κ3) is 3.51. The van der Waals surface area contributed by atoms with E-state index in [9.17, 15) is 9.18 Å². The summed E-state index contributed by atoms with van der Waals surface area (Å²) in [5, 5.41) is 8.96. The smallest absolute Gasteiger partial charge is 0.309 e. The molecule has 0 saturated heterocycles. The van der Waals surface area contributed by atoms with Crippen LogP contribution in [0.4, 0.5) is 10.1 Å². The maximum atomic E-state index is 13.9. The number of rotatable bonds is 4. The Hall–Kier alpha value is -2.01. The van der Waals surface area contributed by atoms with Crippen molar-refractivity contribution in [2.75, 3.05) is 0 Å². The van der Waals surface area contributed by atoms with Gasteiger partial charge in [0.15, 0.2) is 5.82 Å². The maximum Gasteiger partial charge on any atom is 0.309 e. The zero-order valence-electron chi connectivity index (χ0n) is 10.4. The highest BCUT2D eigenvalue weighted by molar-refractivity contribution is 9.10. The summed E-state index contributed by atoms with van der Waals surface area (Å²) < 4.78 is 14.2. The number of nitrogens with zero attached hydrogens (tertiary/aromatic N) is 1. The van der Waals surface area contributed by atoms with Gasteiger partial charge in [-0.1, -0.05) is 36.4 Å². The second kappa shape index (κ2) is 6.43. The largest absolute Gasteiger partial charge is 0.481 e. The van der Waals surface area contributed by atoms with Crippen LogP contribution >= 0.6 is 15.9 Å². The van der Waals surface area contributed by atoms with Crippen LogP contribution < -0.4 is 0 Å². The molecule has 0 bridgehead atoms. The summed E-state index contributed by atoms with van der Waals surface area (Å²) in [5.74, 6) is -1.52. The van der Waals surface area contributed by atoms with E-state index in [-0.39, 0.29) is 12.1 Å². The van der Waals surface area contributed by atoms with E-state index in [0.717, 1.165) is 0 Å². The molecule has 0 aliphatic carbocycles. The van der Waals surface area contributed by atoms with Gasteiger partial charge in [-0.15, -0.1) is 0 Å². The van der Waals surface area contributed by atoms with E-state index in [1.807, 2.05) is 6.07 Å². The van der Waals surface area contributed by atoms with Crippen LogP contribution in [0.2, 0.25) is 0 Å². The highest BCUT2D eigenvalue weighted by Gasteiger charge is 2.11. The van der Waals surface area contributed by atoms with E-state index in [1.165, 1.54) is 6.07 Å². The molecular weight excluding hydrogens is 325 g/mol. The van der Waals surface area contributed by atoms with Crippen molar-refractivity contribution in [2.45, 2.75) is 6.42 Å². The normalized spacial score (nSPS) is 11.4. The van der Waals surface area contributed by atoms with Crippen LogP contribution in [0.5, 0.6) is 0 Å². The average Bonchev–Trinajstić information content (AvgIpc) is 2.43. The lowest BCUT2D eigenvalue weighted by molar-refractivity contribution is -0.135. The van der Waals surface area contributed by atoms with Crippen molar-refractivity contribution in [2.24, 2.45) is 4.99 Å². The van der Waals surface area contributed by atoms with Crippen molar-refractivity contribution in [3.8, 4) is 0 Å². The highest BCUT2D eigenvalue weighted by atomic mass is 79.9. The number of hydrogen-bond acceptors (Lipinski definition) is 2. The Morgan fingerprint density at radius 2 is 1.85 bits per heavy atom. The fourth-order valence-corrected chi connectivity index (χ4v) is 2.06. The molecule has 0 spiro atoms. The molecule has 0 fully saturated rings. The predicted octanol–water partition coefficient (Wildman–Crippen LogP) is 4.18. The molecule has 0 unspecified atom stereocenters.